The molecule has 0 aromatic heterocycles. The zero-order chi connectivity index (χ0) is 30.0. The van der Waals surface area contributed by atoms with Crippen LogP contribution in [0, 0.1) is 0 Å². The Morgan fingerprint density at radius 2 is 1.62 bits per heavy atom. The van der Waals surface area contributed by atoms with Gasteiger partial charge in [0.05, 0.1) is 18.1 Å². The minimum atomic E-state index is -1.82. The SMILES string of the molecule is COC(=O)[C@]1(Sc2ccccc2)C[C@H](OC(C)=O)[C@@H](NC(C)=S)[C@H]([C@H](OC(C)=O)[C@@H](COC(C)=O)OC(C)=O)O1. The van der Waals surface area contributed by atoms with E-state index in [9.17, 15) is 24.0 Å². The largest absolute Gasteiger partial charge is 0.466 e. The number of carbonyl (C=O) groups is 5. The second kappa shape index (κ2) is 15.0. The van der Waals surface area contributed by atoms with Crippen molar-refractivity contribution in [1.82, 2.24) is 5.32 Å². The van der Waals surface area contributed by atoms with Crippen LogP contribution >= 0.6 is 24.0 Å². The van der Waals surface area contributed by atoms with E-state index in [1.807, 2.05) is 0 Å². The Balaban J connectivity index is 2.76. The number of methoxy groups -OCH3 is 1. The molecule has 1 N–H and O–H groups in total. The van der Waals surface area contributed by atoms with Crippen LogP contribution in [0.4, 0.5) is 0 Å². The molecule has 1 saturated heterocycles. The summed E-state index contributed by atoms with van der Waals surface area (Å²) < 4.78 is 33.3. The molecule has 40 heavy (non-hydrogen) atoms. The lowest BCUT2D eigenvalue weighted by Gasteiger charge is -2.48. The van der Waals surface area contributed by atoms with Gasteiger partial charge in [0.15, 0.2) is 12.2 Å². The zero-order valence-electron chi connectivity index (χ0n) is 23.0. The van der Waals surface area contributed by atoms with Crippen LogP contribution in [-0.4, -0.2) is 83.9 Å². The molecule has 0 saturated carbocycles. The first kappa shape index (κ1) is 33.0. The van der Waals surface area contributed by atoms with E-state index >= 15 is 0 Å². The highest BCUT2D eigenvalue weighted by atomic mass is 32.2. The summed E-state index contributed by atoms with van der Waals surface area (Å²) in [6.07, 6.45) is -5.46. The summed E-state index contributed by atoms with van der Waals surface area (Å²) in [4.78, 5) is 60.6. The van der Waals surface area contributed by atoms with Crippen LogP contribution in [0.3, 0.4) is 0 Å². The molecule has 6 atom stereocenters. The molecule has 0 amide bonds. The molecule has 0 spiro atoms. The number of esters is 5. The van der Waals surface area contributed by atoms with Gasteiger partial charge < -0.3 is 33.7 Å². The monoisotopic (exact) mass is 599 g/mol. The van der Waals surface area contributed by atoms with Crippen LogP contribution in [0.2, 0.25) is 0 Å². The summed E-state index contributed by atoms with van der Waals surface area (Å²) >= 11 is 6.26. The Hall–Kier alpha value is -3.23. The van der Waals surface area contributed by atoms with Gasteiger partial charge in [-0.2, -0.15) is 0 Å². The van der Waals surface area contributed by atoms with Crippen LogP contribution < -0.4 is 5.32 Å². The van der Waals surface area contributed by atoms with E-state index < -0.39 is 71.8 Å². The minimum Gasteiger partial charge on any atom is -0.466 e. The average molecular weight is 600 g/mol. The predicted molar refractivity (Wildman–Crippen MR) is 145 cm³/mol. The van der Waals surface area contributed by atoms with E-state index in [1.165, 1.54) is 14.0 Å². The van der Waals surface area contributed by atoms with Gasteiger partial charge in [0.25, 0.3) is 0 Å². The molecule has 2 rings (SSSR count). The summed E-state index contributed by atoms with van der Waals surface area (Å²) in [5, 5.41) is 3.00. The Morgan fingerprint density at radius 3 is 2.12 bits per heavy atom. The maximum atomic E-state index is 13.4. The molecule has 14 heteroatoms. The molecule has 1 aliphatic heterocycles. The lowest BCUT2D eigenvalue weighted by atomic mass is 9.89. The van der Waals surface area contributed by atoms with Gasteiger partial charge in [-0.1, -0.05) is 42.2 Å². The van der Waals surface area contributed by atoms with Gasteiger partial charge in [-0.3, -0.25) is 19.2 Å². The van der Waals surface area contributed by atoms with Crippen LogP contribution in [0.1, 0.15) is 41.0 Å². The number of hydrogen-bond donors (Lipinski definition) is 1. The molecule has 220 valence electrons. The van der Waals surface area contributed by atoms with Gasteiger partial charge in [-0.15, -0.1) is 0 Å². The van der Waals surface area contributed by atoms with Crippen molar-refractivity contribution in [2.24, 2.45) is 0 Å². The van der Waals surface area contributed by atoms with Gasteiger partial charge in [-0.05, 0) is 19.1 Å². The van der Waals surface area contributed by atoms with Crippen molar-refractivity contribution in [3.63, 3.8) is 0 Å². The third-order valence-electron chi connectivity index (χ3n) is 5.52. The van der Waals surface area contributed by atoms with E-state index in [0.717, 1.165) is 32.5 Å². The van der Waals surface area contributed by atoms with E-state index in [4.69, 9.17) is 40.6 Å². The molecule has 1 aliphatic rings. The fourth-order valence-corrected chi connectivity index (χ4v) is 5.57. The smallest absolute Gasteiger partial charge is 0.349 e. The van der Waals surface area contributed by atoms with Crippen LogP contribution in [0.5, 0.6) is 0 Å². The maximum absolute atomic E-state index is 13.4. The van der Waals surface area contributed by atoms with E-state index in [-0.39, 0.29) is 11.4 Å². The first-order valence-electron chi connectivity index (χ1n) is 12.2. The van der Waals surface area contributed by atoms with Gasteiger partial charge in [0.2, 0.25) is 4.93 Å². The number of nitrogens with one attached hydrogen (secondary N) is 1. The van der Waals surface area contributed by atoms with Crippen LogP contribution in [-0.2, 0) is 52.4 Å². The molecule has 0 unspecified atom stereocenters. The first-order valence-corrected chi connectivity index (χ1v) is 13.4. The zero-order valence-corrected chi connectivity index (χ0v) is 24.6. The standard InChI is InChI=1S/C26H33NO11S2/c1-14(39)27-22-20(35-16(3)29)12-26(25(32)33-6,40-19-10-8-7-9-11-19)38-24(22)23(37-18(5)31)21(36-17(4)30)13-34-15(2)28/h7-11,20-24H,12-13H2,1-6H3,(H,27,39)/t20-,21+,22+,23+,24+,26+/m0/s1. The first-order chi connectivity index (χ1) is 18.8. The minimum absolute atomic E-state index is 0.190. The quantitative estimate of drug-likeness (QED) is 0.224. The highest BCUT2D eigenvalue weighted by Crippen LogP contribution is 2.45. The van der Waals surface area contributed by atoms with E-state index in [1.54, 1.807) is 37.3 Å². The molecule has 0 aliphatic carbocycles. The molecule has 0 radical (unpaired) electrons. The van der Waals surface area contributed by atoms with Gasteiger partial charge in [-0.25, -0.2) is 4.79 Å². The van der Waals surface area contributed by atoms with Crippen molar-refractivity contribution < 1.29 is 52.4 Å². The second-order valence-corrected chi connectivity index (χ2v) is 10.8. The van der Waals surface area contributed by atoms with Crippen molar-refractivity contribution >= 4 is 58.8 Å². The number of rotatable bonds is 11. The Kier molecular flexibility index (Phi) is 12.3. The number of ether oxygens (including phenoxy) is 6. The normalized spacial score (nSPS) is 23.5. The molecule has 1 aromatic carbocycles. The van der Waals surface area contributed by atoms with Crippen molar-refractivity contribution in [3.05, 3.63) is 30.3 Å². The van der Waals surface area contributed by atoms with Crippen LogP contribution in [0.25, 0.3) is 0 Å². The van der Waals surface area contributed by atoms with Crippen LogP contribution in [0.15, 0.2) is 35.2 Å². The van der Waals surface area contributed by atoms with Gasteiger partial charge >= 0.3 is 29.8 Å². The number of benzene rings is 1. The Labute approximate surface area is 241 Å². The molecular weight excluding hydrogens is 566 g/mol. The Bertz CT molecular complexity index is 1100. The Morgan fingerprint density at radius 1 is 1.00 bits per heavy atom. The highest BCUT2D eigenvalue weighted by molar-refractivity contribution is 8.01. The molecule has 12 nitrogen and oxygen atoms in total. The van der Waals surface area contributed by atoms with Crippen molar-refractivity contribution in [2.75, 3.05) is 13.7 Å². The lowest BCUT2D eigenvalue weighted by molar-refractivity contribution is -0.222. The summed E-state index contributed by atoms with van der Waals surface area (Å²) in [5.41, 5.74) is 0. The fraction of sp³-hybridized carbons (Fsp3) is 0.538. The van der Waals surface area contributed by atoms with E-state index in [0.29, 0.717) is 4.90 Å². The highest BCUT2D eigenvalue weighted by Gasteiger charge is 2.58. The summed E-state index contributed by atoms with van der Waals surface area (Å²) in [6, 6.07) is 7.79. The van der Waals surface area contributed by atoms with Gasteiger partial charge in [0, 0.05) is 39.0 Å². The number of thiocarbonyl (C=S) groups is 1. The van der Waals surface area contributed by atoms with Crippen molar-refractivity contribution in [1.29, 1.82) is 0 Å². The summed E-state index contributed by atoms with van der Waals surface area (Å²) in [7, 11) is 1.17. The molecular formula is C26H33NO11S2. The maximum Gasteiger partial charge on any atom is 0.349 e. The molecule has 1 heterocycles. The molecule has 1 fully saturated rings. The molecule has 1 aromatic rings. The number of thioether (sulfide) groups is 1. The predicted octanol–water partition coefficient (Wildman–Crippen LogP) is 2.10. The number of hydrogen-bond acceptors (Lipinski definition) is 13. The van der Waals surface area contributed by atoms with Crippen molar-refractivity contribution in [2.45, 2.75) is 81.3 Å². The third kappa shape index (κ3) is 9.45. The number of carbonyl (C=O) groups excluding carboxylic acids is 5. The third-order valence-corrected chi connectivity index (χ3v) is 6.91. The van der Waals surface area contributed by atoms with E-state index in [2.05, 4.69) is 5.32 Å². The summed E-state index contributed by atoms with van der Waals surface area (Å²) in [5.74, 6) is -3.72. The second-order valence-electron chi connectivity index (χ2n) is 8.84. The van der Waals surface area contributed by atoms with Crippen molar-refractivity contribution in [3.8, 4) is 0 Å². The fourth-order valence-electron chi connectivity index (χ4n) is 4.18. The lowest BCUT2D eigenvalue weighted by Crippen LogP contribution is -2.67. The average Bonchev–Trinajstić information content (AvgIpc) is 2.85. The summed E-state index contributed by atoms with van der Waals surface area (Å²) in [6.45, 7) is 5.65. The topological polar surface area (TPSA) is 153 Å². The van der Waals surface area contributed by atoms with Gasteiger partial charge in [0.1, 0.15) is 18.8 Å². The molecule has 0 bridgehead atoms.